The molecule has 0 saturated heterocycles. The smallest absolute Gasteiger partial charge is 0.255 e. The molecule has 0 fully saturated rings. The van der Waals surface area contributed by atoms with Crippen LogP contribution in [0.2, 0.25) is 0 Å². The third-order valence-corrected chi connectivity index (χ3v) is 20.5. The van der Waals surface area contributed by atoms with E-state index in [2.05, 4.69) is 256 Å². The number of rotatable bonds is 8. The van der Waals surface area contributed by atoms with Crippen LogP contribution in [-0.4, -0.2) is 6.71 Å². The molecule has 13 rings (SSSR count). The molecule has 3 aliphatic carbocycles. The van der Waals surface area contributed by atoms with Gasteiger partial charge in [-0.3, -0.25) is 0 Å². The van der Waals surface area contributed by atoms with Gasteiger partial charge >= 0.3 is 0 Å². The van der Waals surface area contributed by atoms with Crippen molar-refractivity contribution in [2.24, 2.45) is 0 Å². The van der Waals surface area contributed by atoms with Crippen LogP contribution in [0.25, 0.3) is 15.7 Å². The lowest BCUT2D eigenvalue weighted by Crippen LogP contribution is -2.61. The van der Waals surface area contributed by atoms with Crippen molar-refractivity contribution in [3.05, 3.63) is 196 Å². The summed E-state index contributed by atoms with van der Waals surface area (Å²) in [4.78, 5) is 7.90. The van der Waals surface area contributed by atoms with E-state index in [0.717, 1.165) is 67.7 Å². The van der Waals surface area contributed by atoms with Gasteiger partial charge in [-0.15, -0.1) is 11.3 Å². The third kappa shape index (κ3) is 8.28. The minimum Gasteiger partial charge on any atom is -0.310 e. The molecule has 2 aliphatic heterocycles. The third-order valence-electron chi connectivity index (χ3n) is 19.4. The second kappa shape index (κ2) is 18.4. The van der Waals surface area contributed by atoms with Gasteiger partial charge in [0, 0.05) is 44.3 Å². The van der Waals surface area contributed by atoms with Gasteiger partial charge in [-0.2, -0.15) is 0 Å². The summed E-state index contributed by atoms with van der Waals surface area (Å²) in [6.07, 6.45) is 15.7. The molecule has 0 radical (unpaired) electrons. The normalized spacial score (nSPS) is 18.0. The maximum absolute atomic E-state index is 4.07. The van der Waals surface area contributed by atoms with Gasteiger partial charge in [-0.1, -0.05) is 169 Å². The van der Waals surface area contributed by atoms with Gasteiger partial charge in [0.15, 0.2) is 0 Å². The summed E-state index contributed by atoms with van der Waals surface area (Å²) >= 11 is 1.99. The highest BCUT2D eigenvalue weighted by Gasteiger charge is 2.48. The number of fused-ring (bicyclic) bond motifs is 8. The molecule has 1 aromatic heterocycles. The minimum absolute atomic E-state index is 0.0187. The summed E-state index contributed by atoms with van der Waals surface area (Å²) in [6, 6.07) is 55.7. The fraction of sp³-hybridized carbons (Fsp3) is 0.351. The van der Waals surface area contributed by atoms with E-state index in [-0.39, 0.29) is 33.8 Å². The molecule has 8 aromatic rings. The molecule has 0 spiro atoms. The van der Waals surface area contributed by atoms with Crippen molar-refractivity contribution < 1.29 is 0 Å². The van der Waals surface area contributed by atoms with Crippen LogP contribution in [0.4, 0.5) is 50.5 Å². The number of allylic oxidation sites excluding steroid dienone is 4. The summed E-state index contributed by atoms with van der Waals surface area (Å²) in [7, 11) is 0. The molecule has 0 atom stereocenters. The Labute approximate surface area is 477 Å². The Bertz CT molecular complexity index is 3780. The number of nitrogens with zero attached hydrogens (tertiary/aromatic N) is 3. The molecular formula is C74H78BN3S. The Morgan fingerprint density at radius 1 is 0.582 bits per heavy atom. The van der Waals surface area contributed by atoms with E-state index < -0.39 is 0 Å². The highest BCUT2D eigenvalue weighted by atomic mass is 32.1. The van der Waals surface area contributed by atoms with Crippen molar-refractivity contribution in [3.8, 4) is 0 Å². The van der Waals surface area contributed by atoms with Crippen LogP contribution in [0.1, 0.15) is 173 Å². The Kier molecular flexibility index (Phi) is 12.0. The first-order valence-corrected chi connectivity index (χ1v) is 30.5. The number of para-hydroxylation sites is 2. The highest BCUT2D eigenvalue weighted by molar-refractivity contribution is 7.26. The molecule has 398 valence electrons. The maximum Gasteiger partial charge on any atom is 0.255 e. The van der Waals surface area contributed by atoms with Gasteiger partial charge in [0.25, 0.3) is 6.71 Å². The second-order valence-electron chi connectivity index (χ2n) is 27.4. The van der Waals surface area contributed by atoms with E-state index in [1.807, 2.05) is 11.3 Å². The van der Waals surface area contributed by atoms with Crippen LogP contribution in [0.5, 0.6) is 0 Å². The highest BCUT2D eigenvalue weighted by Crippen LogP contribution is 2.56. The molecule has 3 nitrogen and oxygen atoms in total. The van der Waals surface area contributed by atoms with E-state index >= 15 is 0 Å². The zero-order chi connectivity index (χ0) is 55.1. The Hall–Kier alpha value is -6.74. The maximum atomic E-state index is 4.07. The van der Waals surface area contributed by atoms with Crippen LogP contribution in [0.15, 0.2) is 140 Å². The van der Waals surface area contributed by atoms with Gasteiger partial charge < -0.3 is 14.7 Å². The summed E-state index contributed by atoms with van der Waals surface area (Å²) in [5.41, 5.74) is 26.1. The molecule has 5 heteroatoms. The van der Waals surface area contributed by atoms with E-state index in [1.54, 1.807) is 0 Å². The molecule has 0 bridgehead atoms. The first-order chi connectivity index (χ1) is 37.7. The van der Waals surface area contributed by atoms with Crippen molar-refractivity contribution in [2.75, 3.05) is 14.7 Å². The van der Waals surface area contributed by atoms with Crippen molar-refractivity contribution in [1.29, 1.82) is 0 Å². The lowest BCUT2D eigenvalue weighted by molar-refractivity contribution is 0.332. The zero-order valence-corrected chi connectivity index (χ0v) is 50.1. The molecular weight excluding hydrogens is 974 g/mol. The lowest BCUT2D eigenvalue weighted by atomic mass is 9.33. The molecule has 0 unspecified atom stereocenters. The molecule has 3 heterocycles. The average Bonchev–Trinajstić information content (AvgIpc) is 3.17. The van der Waals surface area contributed by atoms with E-state index in [9.17, 15) is 0 Å². The van der Waals surface area contributed by atoms with Crippen molar-refractivity contribution in [1.82, 2.24) is 0 Å². The lowest BCUT2D eigenvalue weighted by Gasteiger charge is -2.46. The number of hydrogen-bond donors (Lipinski definition) is 0. The Morgan fingerprint density at radius 2 is 1.16 bits per heavy atom. The van der Waals surface area contributed by atoms with Crippen LogP contribution >= 0.6 is 11.3 Å². The van der Waals surface area contributed by atoms with E-state index in [1.165, 1.54) is 111 Å². The minimum atomic E-state index is -0.156. The van der Waals surface area contributed by atoms with Gasteiger partial charge in [0.05, 0.1) is 22.1 Å². The quantitative estimate of drug-likeness (QED) is 0.140. The summed E-state index contributed by atoms with van der Waals surface area (Å²) in [6.45, 7) is 31.4. The average molecular weight is 1050 g/mol. The summed E-state index contributed by atoms with van der Waals surface area (Å²) in [5.74, 6) is 0. The molecule has 5 aliphatic rings. The largest absolute Gasteiger partial charge is 0.310 e. The van der Waals surface area contributed by atoms with Crippen molar-refractivity contribution >= 4 is 101 Å². The van der Waals surface area contributed by atoms with E-state index in [0.29, 0.717) is 0 Å². The second-order valence-corrected chi connectivity index (χ2v) is 28.4. The van der Waals surface area contributed by atoms with Crippen LogP contribution in [0.3, 0.4) is 0 Å². The monoisotopic (exact) mass is 1050 g/mol. The number of thiophene rings is 1. The van der Waals surface area contributed by atoms with Crippen LogP contribution < -0.4 is 31.1 Å². The Morgan fingerprint density at radius 3 is 1.76 bits per heavy atom. The molecule has 0 amide bonds. The molecule has 79 heavy (non-hydrogen) atoms. The SMILES string of the molecule is CCc1cc2sc3c(c2cc1CC)B1c2cc(C(C)(C)C)c#cc2N(c2cc4c(cc2C2=CC=CCC2)C(C)(C)CCC4(C)C)c2cc(N(c4ccccc4)c4ccccc4)cc(c21)N3c1ccc2c(c1)C(C)(C)CCC2(C)C. The predicted molar refractivity (Wildman–Crippen MR) is 343 cm³/mol. The van der Waals surface area contributed by atoms with Crippen LogP contribution in [-0.2, 0) is 39.9 Å². The van der Waals surface area contributed by atoms with Gasteiger partial charge in [0.2, 0.25) is 0 Å². The first kappa shape index (κ1) is 51.7. The van der Waals surface area contributed by atoms with Gasteiger partial charge in [-0.25, -0.2) is 0 Å². The fourth-order valence-corrected chi connectivity index (χ4v) is 15.7. The molecule has 0 saturated carbocycles. The van der Waals surface area contributed by atoms with Gasteiger partial charge in [-0.05, 0) is 212 Å². The van der Waals surface area contributed by atoms with Crippen molar-refractivity contribution in [2.45, 2.75) is 168 Å². The number of hydrogen-bond acceptors (Lipinski definition) is 4. The first-order valence-electron chi connectivity index (χ1n) is 29.6. The number of anilines is 9. The van der Waals surface area contributed by atoms with Gasteiger partial charge in [0.1, 0.15) is 0 Å². The summed E-state index contributed by atoms with van der Waals surface area (Å²) < 4.78 is 1.36. The Balaban J connectivity index is 1.22. The molecule has 0 N–H and O–H groups in total. The van der Waals surface area contributed by atoms with Crippen LogP contribution in [0, 0.1) is 12.1 Å². The number of benzene rings is 6. The zero-order valence-electron chi connectivity index (χ0n) is 49.3. The summed E-state index contributed by atoms with van der Waals surface area (Å²) in [5, 5.41) is 2.69. The van der Waals surface area contributed by atoms with E-state index in [4.69, 9.17) is 0 Å². The standard InChI is InChI=1S/C74H78BN3S/c1-14-47-39-56-66(40-48(47)15-2)79-69-67(56)75-61-41-50(70(3,4)5)31-34-62(61)78(63-46-60-59(73(10,11)37-38-74(60,12)13)45-55(63)49-25-19-16-20-26-49)65-44-54(76(51-27-21-17-22-28-51)52-29-23-18-24-30-52)43-64(68(65)75)77(69)53-32-33-57-58(42-53)72(8,9)36-35-71(57,6)7/h16-19,21-25,27-30,32-33,39-46H,14-15,20,26,35-38H2,1-13H3. The predicted octanol–water partition coefficient (Wildman–Crippen LogP) is 18.9. The number of aryl methyl sites for hydroxylation is 2. The fourth-order valence-electron chi connectivity index (χ4n) is 14.4. The topological polar surface area (TPSA) is 9.72 Å². The molecule has 7 aromatic carbocycles. The van der Waals surface area contributed by atoms with Crippen molar-refractivity contribution in [3.63, 3.8) is 0 Å².